The van der Waals surface area contributed by atoms with Gasteiger partial charge in [-0.15, -0.1) is 11.8 Å². The highest BCUT2D eigenvalue weighted by Crippen LogP contribution is 2.29. The Bertz CT molecular complexity index is 1180. The zero-order valence-electron chi connectivity index (χ0n) is 18.5. The Morgan fingerprint density at radius 2 is 1.59 bits per heavy atom. The van der Waals surface area contributed by atoms with E-state index >= 15 is 0 Å². The fourth-order valence-electron chi connectivity index (χ4n) is 3.59. The first-order valence-electron chi connectivity index (χ1n) is 10.6. The summed E-state index contributed by atoms with van der Waals surface area (Å²) in [6, 6.07) is 26.2. The summed E-state index contributed by atoms with van der Waals surface area (Å²) in [5.41, 5.74) is 6.06. The molecule has 162 valence electrons. The molecule has 1 unspecified atom stereocenters. The number of benzene rings is 3. The van der Waals surface area contributed by atoms with Gasteiger partial charge in [0.05, 0.1) is 17.3 Å². The number of aromatic nitrogens is 1. The van der Waals surface area contributed by atoms with Gasteiger partial charge in [0.25, 0.3) is 5.91 Å². The molecule has 0 saturated carbocycles. The normalized spacial score (nSPS) is 11.8. The maximum atomic E-state index is 13.1. The maximum absolute atomic E-state index is 13.1. The first-order chi connectivity index (χ1) is 15.5. The van der Waals surface area contributed by atoms with Crippen LogP contribution in [0.2, 0.25) is 0 Å². The van der Waals surface area contributed by atoms with Crippen molar-refractivity contribution in [2.75, 3.05) is 0 Å². The number of aryl methyl sites for hydroxylation is 2. The monoisotopic (exact) mass is 442 g/mol. The smallest absolute Gasteiger partial charge is 0.252 e. The molecule has 1 N–H and O–H groups in total. The molecule has 4 nitrogen and oxygen atoms in total. The van der Waals surface area contributed by atoms with Crippen LogP contribution in [-0.4, -0.2) is 11.1 Å². The first kappa shape index (κ1) is 21.9. The van der Waals surface area contributed by atoms with Gasteiger partial charge in [0.15, 0.2) is 0 Å². The van der Waals surface area contributed by atoms with Crippen molar-refractivity contribution >= 4 is 17.7 Å². The molecule has 1 amide bonds. The van der Waals surface area contributed by atoms with Crippen molar-refractivity contribution in [1.82, 2.24) is 10.5 Å². The first-order valence-corrected chi connectivity index (χ1v) is 11.6. The van der Waals surface area contributed by atoms with Crippen molar-refractivity contribution in [3.63, 3.8) is 0 Å². The largest absolute Gasteiger partial charge is 0.361 e. The number of rotatable bonds is 7. The quantitative estimate of drug-likeness (QED) is 0.322. The minimum atomic E-state index is -0.104. The van der Waals surface area contributed by atoms with Gasteiger partial charge in [-0.25, -0.2) is 0 Å². The van der Waals surface area contributed by atoms with Gasteiger partial charge in [0, 0.05) is 16.2 Å². The van der Waals surface area contributed by atoms with Gasteiger partial charge in [-0.3, -0.25) is 4.79 Å². The molecule has 32 heavy (non-hydrogen) atoms. The third kappa shape index (κ3) is 4.94. The van der Waals surface area contributed by atoms with Crippen molar-refractivity contribution < 1.29 is 9.32 Å². The van der Waals surface area contributed by atoms with Gasteiger partial charge < -0.3 is 9.84 Å². The van der Waals surface area contributed by atoms with E-state index in [1.54, 1.807) is 11.8 Å². The molecular formula is C27H26N2O2S. The molecule has 0 bridgehead atoms. The SMILES string of the molecule is Cc1noc(C)c1CSc1ccccc1C(=O)NC(C)c1ccc(-c2ccccc2)cc1. The predicted octanol–water partition coefficient (Wildman–Crippen LogP) is 6.74. The van der Waals surface area contributed by atoms with Crippen LogP contribution in [0.25, 0.3) is 11.1 Å². The molecule has 4 aromatic rings. The van der Waals surface area contributed by atoms with Crippen molar-refractivity contribution in [2.24, 2.45) is 0 Å². The van der Waals surface area contributed by atoms with Crippen LogP contribution >= 0.6 is 11.8 Å². The van der Waals surface area contributed by atoms with Crippen molar-refractivity contribution in [3.8, 4) is 11.1 Å². The number of nitrogens with zero attached hydrogens (tertiary/aromatic N) is 1. The van der Waals surface area contributed by atoms with E-state index in [-0.39, 0.29) is 11.9 Å². The predicted molar refractivity (Wildman–Crippen MR) is 130 cm³/mol. The van der Waals surface area contributed by atoms with Crippen molar-refractivity contribution in [1.29, 1.82) is 0 Å². The molecular weight excluding hydrogens is 416 g/mol. The van der Waals surface area contributed by atoms with Gasteiger partial charge >= 0.3 is 0 Å². The van der Waals surface area contributed by atoms with Crippen LogP contribution in [0.15, 0.2) is 88.3 Å². The molecule has 0 aliphatic rings. The van der Waals surface area contributed by atoms with Gasteiger partial charge in [-0.1, -0.05) is 71.9 Å². The van der Waals surface area contributed by atoms with Gasteiger partial charge in [0.1, 0.15) is 5.76 Å². The second-order valence-electron chi connectivity index (χ2n) is 7.77. The Labute approximate surface area is 193 Å². The standard InChI is InChI=1S/C27H26N2O2S/c1-18(21-13-15-23(16-14-21)22-9-5-4-6-10-22)28-27(30)24-11-7-8-12-26(24)32-17-25-19(2)29-31-20(25)3/h4-16,18H,17H2,1-3H3,(H,28,30). The molecule has 0 radical (unpaired) electrons. The average Bonchev–Trinajstić information content (AvgIpc) is 3.15. The number of amides is 1. The Morgan fingerprint density at radius 3 is 2.28 bits per heavy atom. The number of nitrogens with one attached hydrogen (secondary N) is 1. The van der Waals surface area contributed by atoms with Gasteiger partial charge in [-0.2, -0.15) is 0 Å². The van der Waals surface area contributed by atoms with Crippen LogP contribution in [0.3, 0.4) is 0 Å². The Hall–Kier alpha value is -3.31. The van der Waals surface area contributed by atoms with Crippen LogP contribution < -0.4 is 5.32 Å². The third-order valence-corrected chi connectivity index (χ3v) is 6.65. The van der Waals surface area contributed by atoms with E-state index in [2.05, 4.69) is 46.9 Å². The van der Waals surface area contributed by atoms with Gasteiger partial charge in [0.2, 0.25) is 0 Å². The molecule has 0 aliphatic heterocycles. The van der Waals surface area contributed by atoms with E-state index in [0.29, 0.717) is 11.3 Å². The summed E-state index contributed by atoms with van der Waals surface area (Å²) in [6.45, 7) is 5.87. The van der Waals surface area contributed by atoms with Crippen molar-refractivity contribution in [3.05, 3.63) is 107 Å². The van der Waals surface area contributed by atoms with E-state index in [9.17, 15) is 4.79 Å². The second-order valence-corrected chi connectivity index (χ2v) is 8.79. The lowest BCUT2D eigenvalue weighted by Gasteiger charge is -2.16. The highest BCUT2D eigenvalue weighted by molar-refractivity contribution is 7.98. The van der Waals surface area contributed by atoms with E-state index in [4.69, 9.17) is 4.52 Å². The molecule has 0 aliphatic carbocycles. The molecule has 3 aromatic carbocycles. The molecule has 0 fully saturated rings. The molecule has 1 atom stereocenters. The van der Waals surface area contributed by atoms with Crippen LogP contribution in [0.1, 0.15) is 45.9 Å². The number of carbonyl (C=O) groups excluding carboxylic acids is 1. The summed E-state index contributed by atoms with van der Waals surface area (Å²) in [7, 11) is 0. The number of carbonyl (C=O) groups is 1. The maximum Gasteiger partial charge on any atom is 0.252 e. The minimum Gasteiger partial charge on any atom is -0.361 e. The molecule has 5 heteroatoms. The average molecular weight is 443 g/mol. The summed E-state index contributed by atoms with van der Waals surface area (Å²) in [5.74, 6) is 1.46. The fourth-order valence-corrected chi connectivity index (χ4v) is 4.79. The number of hydrogen-bond donors (Lipinski definition) is 1. The Kier molecular flexibility index (Phi) is 6.76. The fraction of sp³-hybridized carbons (Fsp3) is 0.185. The molecule has 0 saturated heterocycles. The molecule has 4 rings (SSSR count). The van der Waals surface area contributed by atoms with E-state index in [0.717, 1.165) is 33.0 Å². The van der Waals surface area contributed by atoms with E-state index in [1.165, 1.54) is 5.56 Å². The van der Waals surface area contributed by atoms with Crippen LogP contribution in [-0.2, 0) is 5.75 Å². The lowest BCUT2D eigenvalue weighted by Crippen LogP contribution is -2.27. The summed E-state index contributed by atoms with van der Waals surface area (Å²) in [6.07, 6.45) is 0. The number of hydrogen-bond acceptors (Lipinski definition) is 4. The lowest BCUT2D eigenvalue weighted by molar-refractivity contribution is 0.0937. The Balaban J connectivity index is 1.44. The summed E-state index contributed by atoms with van der Waals surface area (Å²) < 4.78 is 5.26. The number of thioether (sulfide) groups is 1. The summed E-state index contributed by atoms with van der Waals surface area (Å²) >= 11 is 1.62. The second kappa shape index (κ2) is 9.88. The summed E-state index contributed by atoms with van der Waals surface area (Å²) in [5, 5.41) is 7.16. The van der Waals surface area contributed by atoms with Crippen LogP contribution in [0.4, 0.5) is 0 Å². The minimum absolute atomic E-state index is 0.0773. The molecule has 0 spiro atoms. The van der Waals surface area contributed by atoms with Crippen LogP contribution in [0.5, 0.6) is 0 Å². The zero-order valence-corrected chi connectivity index (χ0v) is 19.3. The lowest BCUT2D eigenvalue weighted by atomic mass is 10.0. The summed E-state index contributed by atoms with van der Waals surface area (Å²) in [4.78, 5) is 14.0. The van der Waals surface area contributed by atoms with E-state index in [1.807, 2.05) is 63.2 Å². The molecule has 1 aromatic heterocycles. The van der Waals surface area contributed by atoms with Crippen LogP contribution in [0, 0.1) is 13.8 Å². The molecule has 1 heterocycles. The van der Waals surface area contributed by atoms with E-state index < -0.39 is 0 Å². The topological polar surface area (TPSA) is 55.1 Å². The van der Waals surface area contributed by atoms with Crippen molar-refractivity contribution in [2.45, 2.75) is 37.5 Å². The Morgan fingerprint density at radius 1 is 0.938 bits per heavy atom. The van der Waals surface area contributed by atoms with Gasteiger partial charge in [-0.05, 0) is 49.6 Å². The zero-order chi connectivity index (χ0) is 22.5. The highest BCUT2D eigenvalue weighted by Gasteiger charge is 2.16. The highest BCUT2D eigenvalue weighted by atomic mass is 32.2. The third-order valence-electron chi connectivity index (χ3n) is 5.55.